The number of hydrogen-bond acceptors (Lipinski definition) is 4. The second-order valence-corrected chi connectivity index (χ2v) is 5.74. The fraction of sp³-hybridized carbons (Fsp3) is 0.533. The Bertz CT molecular complexity index is 465. The Balaban J connectivity index is 1.81. The highest BCUT2D eigenvalue weighted by atomic mass is 32.1. The first-order valence-electron chi connectivity index (χ1n) is 7.00. The second-order valence-electron chi connectivity index (χ2n) is 5.30. The molecule has 3 N–H and O–H groups in total. The number of aliphatic hydroxyl groups is 1. The lowest BCUT2D eigenvalue weighted by molar-refractivity contribution is 0.125. The normalized spacial score (nSPS) is 20.8. The summed E-state index contributed by atoms with van der Waals surface area (Å²) in [5, 5.41) is 9.58. The molecule has 1 aliphatic rings. The Morgan fingerprint density at radius 2 is 2.30 bits per heavy atom. The average Bonchev–Trinajstić information content (AvgIpc) is 2.88. The van der Waals surface area contributed by atoms with E-state index in [1.54, 1.807) is 0 Å². The zero-order valence-corrected chi connectivity index (χ0v) is 12.6. The number of rotatable bonds is 6. The van der Waals surface area contributed by atoms with Crippen LogP contribution in [0.2, 0.25) is 0 Å². The van der Waals surface area contributed by atoms with Gasteiger partial charge in [0.2, 0.25) is 0 Å². The van der Waals surface area contributed by atoms with Crippen molar-refractivity contribution in [3.63, 3.8) is 0 Å². The molecule has 0 amide bonds. The van der Waals surface area contributed by atoms with Gasteiger partial charge in [-0.1, -0.05) is 24.4 Å². The number of aliphatic hydroxyl groups excluding tert-OH is 1. The quantitative estimate of drug-likeness (QED) is 0.777. The number of ether oxygens (including phenoxy) is 1. The standard InChI is InChI=1S/C15H22N2O2S/c1-11(18)12-6-7-17(10-12)8-9-19-14-5-3-2-4-13(14)15(16)20/h2-5,11-12,18H,6-10H2,1H3,(H2,16,20). The van der Waals surface area contributed by atoms with E-state index in [0.29, 0.717) is 17.5 Å². The predicted octanol–water partition coefficient (Wildman–Crippen LogP) is 1.40. The Morgan fingerprint density at radius 1 is 1.55 bits per heavy atom. The summed E-state index contributed by atoms with van der Waals surface area (Å²) in [6.07, 6.45) is 0.831. The van der Waals surface area contributed by atoms with Crippen LogP contribution in [-0.4, -0.2) is 47.3 Å². The maximum absolute atomic E-state index is 9.58. The fourth-order valence-electron chi connectivity index (χ4n) is 2.54. The summed E-state index contributed by atoms with van der Waals surface area (Å²) in [6, 6.07) is 7.57. The number of nitrogens with zero attached hydrogens (tertiary/aromatic N) is 1. The number of para-hydroxylation sites is 1. The molecule has 0 saturated carbocycles. The highest BCUT2D eigenvalue weighted by Gasteiger charge is 2.25. The molecule has 110 valence electrons. The monoisotopic (exact) mass is 294 g/mol. The minimum Gasteiger partial charge on any atom is -0.492 e. The molecule has 1 heterocycles. The smallest absolute Gasteiger partial charge is 0.129 e. The molecular formula is C15H22N2O2S. The van der Waals surface area contributed by atoms with E-state index < -0.39 is 0 Å². The summed E-state index contributed by atoms with van der Waals surface area (Å²) >= 11 is 5.01. The van der Waals surface area contributed by atoms with Crippen molar-refractivity contribution in [2.45, 2.75) is 19.4 Å². The van der Waals surface area contributed by atoms with Gasteiger partial charge in [0.25, 0.3) is 0 Å². The van der Waals surface area contributed by atoms with Gasteiger partial charge in [0.05, 0.1) is 11.7 Å². The van der Waals surface area contributed by atoms with Gasteiger partial charge in [0.15, 0.2) is 0 Å². The topological polar surface area (TPSA) is 58.7 Å². The number of benzene rings is 1. The van der Waals surface area contributed by atoms with Crippen molar-refractivity contribution in [3.8, 4) is 5.75 Å². The summed E-state index contributed by atoms with van der Waals surface area (Å²) in [5.74, 6) is 1.13. The van der Waals surface area contributed by atoms with Gasteiger partial charge in [0.1, 0.15) is 17.3 Å². The molecule has 0 bridgehead atoms. The van der Waals surface area contributed by atoms with Gasteiger partial charge >= 0.3 is 0 Å². The van der Waals surface area contributed by atoms with Crippen molar-refractivity contribution in [3.05, 3.63) is 29.8 Å². The van der Waals surface area contributed by atoms with Gasteiger partial charge in [0, 0.05) is 13.1 Å². The zero-order valence-electron chi connectivity index (χ0n) is 11.8. The molecule has 0 aliphatic carbocycles. The number of hydrogen-bond donors (Lipinski definition) is 2. The molecular weight excluding hydrogens is 272 g/mol. The maximum Gasteiger partial charge on any atom is 0.129 e. The lowest BCUT2D eigenvalue weighted by Gasteiger charge is -2.18. The third-order valence-electron chi connectivity index (χ3n) is 3.81. The highest BCUT2D eigenvalue weighted by molar-refractivity contribution is 7.80. The van der Waals surface area contributed by atoms with E-state index in [0.717, 1.165) is 37.4 Å². The maximum atomic E-state index is 9.58. The number of nitrogens with two attached hydrogens (primary N) is 1. The first kappa shape index (κ1) is 15.2. The van der Waals surface area contributed by atoms with Crippen molar-refractivity contribution in [2.75, 3.05) is 26.2 Å². The first-order valence-corrected chi connectivity index (χ1v) is 7.41. The molecule has 0 aromatic heterocycles. The Labute approximate surface area is 125 Å². The lowest BCUT2D eigenvalue weighted by Crippen LogP contribution is -2.28. The minimum absolute atomic E-state index is 0.226. The van der Waals surface area contributed by atoms with E-state index in [4.69, 9.17) is 22.7 Å². The molecule has 1 aliphatic heterocycles. The van der Waals surface area contributed by atoms with Gasteiger partial charge in [-0.15, -0.1) is 0 Å². The SMILES string of the molecule is CC(O)C1CCN(CCOc2ccccc2C(N)=S)C1. The van der Waals surface area contributed by atoms with Crippen LogP contribution >= 0.6 is 12.2 Å². The first-order chi connectivity index (χ1) is 9.58. The third-order valence-corrected chi connectivity index (χ3v) is 4.03. The van der Waals surface area contributed by atoms with Gasteiger partial charge in [-0.25, -0.2) is 0 Å². The van der Waals surface area contributed by atoms with Crippen LogP contribution in [-0.2, 0) is 0 Å². The summed E-state index contributed by atoms with van der Waals surface area (Å²) in [5.41, 5.74) is 6.46. The third kappa shape index (κ3) is 3.91. The van der Waals surface area contributed by atoms with Crippen molar-refractivity contribution in [2.24, 2.45) is 11.7 Å². The zero-order chi connectivity index (χ0) is 14.5. The van der Waals surface area contributed by atoms with Crippen LogP contribution in [0, 0.1) is 5.92 Å². The van der Waals surface area contributed by atoms with Crippen LogP contribution in [0.5, 0.6) is 5.75 Å². The van der Waals surface area contributed by atoms with E-state index in [9.17, 15) is 5.11 Å². The van der Waals surface area contributed by atoms with Crippen LogP contribution < -0.4 is 10.5 Å². The van der Waals surface area contributed by atoms with E-state index >= 15 is 0 Å². The highest BCUT2D eigenvalue weighted by Crippen LogP contribution is 2.20. The molecule has 5 heteroatoms. The molecule has 0 radical (unpaired) electrons. The van der Waals surface area contributed by atoms with Gasteiger partial charge in [-0.05, 0) is 37.9 Å². The Kier molecular flexibility index (Phi) is 5.34. The summed E-state index contributed by atoms with van der Waals surface area (Å²) in [6.45, 7) is 5.29. The van der Waals surface area contributed by atoms with Crippen LogP contribution in [0.4, 0.5) is 0 Å². The Morgan fingerprint density at radius 3 is 2.95 bits per heavy atom. The predicted molar refractivity (Wildman–Crippen MR) is 84.1 cm³/mol. The molecule has 2 unspecified atom stereocenters. The molecule has 2 rings (SSSR count). The van der Waals surface area contributed by atoms with Crippen molar-refractivity contribution in [1.29, 1.82) is 0 Å². The molecule has 4 nitrogen and oxygen atoms in total. The summed E-state index contributed by atoms with van der Waals surface area (Å²) in [4.78, 5) is 2.68. The van der Waals surface area contributed by atoms with E-state index in [2.05, 4.69) is 4.90 Å². The molecule has 20 heavy (non-hydrogen) atoms. The van der Waals surface area contributed by atoms with E-state index in [-0.39, 0.29) is 6.10 Å². The molecule has 1 fully saturated rings. The molecule has 0 spiro atoms. The van der Waals surface area contributed by atoms with Gasteiger partial charge in [-0.3, -0.25) is 4.90 Å². The molecule has 1 aromatic rings. The summed E-state index contributed by atoms with van der Waals surface area (Å²) in [7, 11) is 0. The van der Waals surface area contributed by atoms with Crippen LogP contribution in [0.25, 0.3) is 0 Å². The van der Waals surface area contributed by atoms with Crippen LogP contribution in [0.1, 0.15) is 18.9 Å². The van der Waals surface area contributed by atoms with E-state index in [1.807, 2.05) is 31.2 Å². The molecule has 2 atom stereocenters. The minimum atomic E-state index is -0.226. The van der Waals surface area contributed by atoms with Crippen LogP contribution in [0.15, 0.2) is 24.3 Å². The van der Waals surface area contributed by atoms with E-state index in [1.165, 1.54) is 0 Å². The van der Waals surface area contributed by atoms with Crippen molar-refractivity contribution in [1.82, 2.24) is 4.90 Å². The average molecular weight is 294 g/mol. The Hall–Kier alpha value is -1.17. The van der Waals surface area contributed by atoms with Gasteiger partial charge in [-0.2, -0.15) is 0 Å². The molecule has 1 aromatic carbocycles. The lowest BCUT2D eigenvalue weighted by atomic mass is 10.0. The van der Waals surface area contributed by atoms with Gasteiger partial charge < -0.3 is 15.6 Å². The fourth-order valence-corrected chi connectivity index (χ4v) is 2.71. The largest absolute Gasteiger partial charge is 0.492 e. The van der Waals surface area contributed by atoms with Crippen molar-refractivity contribution >= 4 is 17.2 Å². The second kappa shape index (κ2) is 7.02. The number of thiocarbonyl (C=S) groups is 1. The molecule has 1 saturated heterocycles. The van der Waals surface area contributed by atoms with Crippen LogP contribution in [0.3, 0.4) is 0 Å². The summed E-state index contributed by atoms with van der Waals surface area (Å²) < 4.78 is 5.78. The van der Waals surface area contributed by atoms with Crippen molar-refractivity contribution < 1.29 is 9.84 Å². The number of likely N-dealkylation sites (tertiary alicyclic amines) is 1.